The molecule has 12 aromatic carbocycles. The van der Waals surface area contributed by atoms with Crippen LogP contribution in [0.1, 0.15) is 22.3 Å². The first kappa shape index (κ1) is 45.5. The molecule has 0 atom stereocenters. The summed E-state index contributed by atoms with van der Waals surface area (Å²) in [6.07, 6.45) is 0. The van der Waals surface area contributed by atoms with E-state index in [1.807, 2.05) is 0 Å². The molecule has 0 amide bonds. The van der Waals surface area contributed by atoms with E-state index in [4.69, 9.17) is 9.47 Å². The Bertz CT molecular complexity index is 3850. The quantitative estimate of drug-likeness (QED) is 0.136. The summed E-state index contributed by atoms with van der Waals surface area (Å²) in [7, 11) is 0. The van der Waals surface area contributed by atoms with Crippen molar-refractivity contribution in [3.8, 4) is 67.5 Å². The number of benzene rings is 12. The van der Waals surface area contributed by atoms with E-state index in [0.29, 0.717) is 0 Å². The summed E-state index contributed by atoms with van der Waals surface area (Å²) in [4.78, 5) is 4.76. The van der Waals surface area contributed by atoms with Crippen LogP contribution in [0.4, 0.5) is 34.1 Å². The average Bonchev–Trinajstić information content (AvgIpc) is 3.69. The maximum absolute atomic E-state index is 7.58. The summed E-state index contributed by atoms with van der Waals surface area (Å²) < 4.78 is 14.4. The largest absolute Gasteiger partial charge is 0.457 e. The van der Waals surface area contributed by atoms with E-state index in [1.165, 1.54) is 0 Å². The van der Waals surface area contributed by atoms with E-state index in [0.717, 1.165) is 124 Å². The van der Waals surface area contributed by atoms with Gasteiger partial charge in [-0.05, 0) is 94.0 Å². The van der Waals surface area contributed by atoms with E-state index >= 15 is 0 Å². The van der Waals surface area contributed by atoms with Crippen molar-refractivity contribution in [1.29, 1.82) is 0 Å². The normalized spacial score (nSPS) is 12.5. The van der Waals surface area contributed by atoms with E-state index in [2.05, 4.69) is 313 Å². The maximum atomic E-state index is 7.58. The molecule has 1 spiro atoms. The highest BCUT2D eigenvalue weighted by Gasteiger charge is 2.51. The minimum absolute atomic E-state index is 0.752. The second-order valence-corrected chi connectivity index (χ2v) is 19.6. The van der Waals surface area contributed by atoms with Crippen LogP contribution >= 0.6 is 0 Å². The summed E-state index contributed by atoms with van der Waals surface area (Å²) in [5.74, 6) is 3.13. The van der Waals surface area contributed by atoms with Gasteiger partial charge in [0.2, 0.25) is 0 Å². The molecule has 2 aliphatic heterocycles. The van der Waals surface area contributed by atoms with E-state index < -0.39 is 5.41 Å². The van der Waals surface area contributed by atoms with Crippen LogP contribution in [0.2, 0.25) is 0 Å². The number of nitrogens with zero attached hydrogens (tertiary/aromatic N) is 2. The molecular weight excluding hydrogens is 937 g/mol. The second-order valence-electron chi connectivity index (χ2n) is 19.6. The molecule has 77 heavy (non-hydrogen) atoms. The molecule has 0 fully saturated rings. The molecule has 2 aliphatic rings. The van der Waals surface area contributed by atoms with Gasteiger partial charge in [-0.25, -0.2) is 0 Å². The van der Waals surface area contributed by atoms with Crippen LogP contribution in [0.25, 0.3) is 44.5 Å². The average molecular weight is 987 g/mol. The van der Waals surface area contributed by atoms with Gasteiger partial charge >= 0.3 is 0 Å². The van der Waals surface area contributed by atoms with Crippen LogP contribution in [0.5, 0.6) is 23.0 Å². The summed E-state index contributed by atoms with van der Waals surface area (Å²) in [5.41, 5.74) is 18.4. The molecule has 12 aromatic rings. The second kappa shape index (κ2) is 19.3. The molecule has 0 aliphatic carbocycles. The topological polar surface area (TPSA) is 24.9 Å². The van der Waals surface area contributed by atoms with E-state index in [1.54, 1.807) is 0 Å². The maximum Gasteiger partial charge on any atom is 0.134 e. The Morgan fingerprint density at radius 1 is 0.221 bits per heavy atom. The standard InChI is InChI=1S/C73H50N2O2/c1-5-23-51(24-6-1)55-31-21-33-57(47-55)74(67-39-17-13-35-61(67)53-27-9-3-10-28-53)59-43-45-65-71(49-59)77-72-50-60(44-46-66(72)73(65)63-37-15-19-41-69(63)76-70-42-20-16-38-64(70)73)75(58-34-22-32-56(48-58)52-25-7-2-8-26-52)68-40-18-14-36-62(68)54-29-11-4-12-30-54/h1-50H. The zero-order valence-corrected chi connectivity index (χ0v) is 42.1. The van der Waals surface area contributed by atoms with Gasteiger partial charge in [0.15, 0.2) is 0 Å². The fourth-order valence-corrected chi connectivity index (χ4v) is 11.8. The van der Waals surface area contributed by atoms with Crippen molar-refractivity contribution in [2.24, 2.45) is 0 Å². The fourth-order valence-electron chi connectivity index (χ4n) is 11.8. The first-order chi connectivity index (χ1) is 38.2. The third-order valence-corrected chi connectivity index (χ3v) is 15.2. The summed E-state index contributed by atoms with van der Waals surface area (Å²) in [6, 6.07) is 108. The molecule has 0 saturated carbocycles. The lowest BCUT2D eigenvalue weighted by molar-refractivity contribution is 0.399. The van der Waals surface area contributed by atoms with Gasteiger partial charge in [0.1, 0.15) is 23.0 Å². The Hall–Kier alpha value is -10.2. The first-order valence-corrected chi connectivity index (χ1v) is 26.2. The van der Waals surface area contributed by atoms with Gasteiger partial charge in [-0.3, -0.25) is 0 Å². The van der Waals surface area contributed by atoms with Crippen molar-refractivity contribution < 1.29 is 9.47 Å². The number of fused-ring (bicyclic) bond motifs is 8. The van der Waals surface area contributed by atoms with Gasteiger partial charge in [-0.2, -0.15) is 0 Å². The van der Waals surface area contributed by atoms with Crippen LogP contribution in [0.15, 0.2) is 303 Å². The smallest absolute Gasteiger partial charge is 0.134 e. The van der Waals surface area contributed by atoms with Crippen molar-refractivity contribution in [3.05, 3.63) is 326 Å². The van der Waals surface area contributed by atoms with Crippen molar-refractivity contribution in [2.75, 3.05) is 9.80 Å². The third kappa shape index (κ3) is 7.94. The molecule has 4 nitrogen and oxygen atoms in total. The van der Waals surface area contributed by atoms with Gasteiger partial charge in [-0.1, -0.05) is 231 Å². The highest BCUT2D eigenvalue weighted by atomic mass is 16.5. The number of rotatable bonds is 10. The lowest BCUT2D eigenvalue weighted by atomic mass is 9.62. The zero-order chi connectivity index (χ0) is 51.1. The highest BCUT2D eigenvalue weighted by Crippen LogP contribution is 2.63. The number of anilines is 6. The third-order valence-electron chi connectivity index (χ3n) is 15.2. The van der Waals surface area contributed by atoms with Crippen LogP contribution in [0, 0.1) is 0 Å². The molecule has 0 saturated heterocycles. The fraction of sp³-hybridized carbons (Fsp3) is 0.0137. The van der Waals surface area contributed by atoms with Gasteiger partial charge in [0.05, 0.1) is 16.8 Å². The minimum Gasteiger partial charge on any atom is -0.457 e. The first-order valence-electron chi connectivity index (χ1n) is 26.2. The monoisotopic (exact) mass is 986 g/mol. The van der Waals surface area contributed by atoms with Crippen molar-refractivity contribution in [3.63, 3.8) is 0 Å². The van der Waals surface area contributed by atoms with Gasteiger partial charge < -0.3 is 19.3 Å². The number of para-hydroxylation sites is 4. The molecule has 0 unspecified atom stereocenters. The molecule has 4 heteroatoms. The lowest BCUT2D eigenvalue weighted by Crippen LogP contribution is -2.37. The Kier molecular flexibility index (Phi) is 11.4. The SMILES string of the molecule is c1ccc(-c2cccc(N(c3ccc4c(c3)Oc3cc(N(c5cccc(-c6ccccc6)c5)c5ccccc5-c5ccccc5)ccc3C43c4ccccc4Oc4ccccc43)c3ccccc3-c3ccccc3)c2)cc1. The zero-order valence-electron chi connectivity index (χ0n) is 42.1. The predicted molar refractivity (Wildman–Crippen MR) is 316 cm³/mol. The summed E-state index contributed by atoms with van der Waals surface area (Å²) in [5, 5.41) is 0. The van der Waals surface area contributed by atoms with Crippen LogP contribution in [0.3, 0.4) is 0 Å². The molecule has 0 aromatic heterocycles. The predicted octanol–water partition coefficient (Wildman–Crippen LogP) is 19.9. The van der Waals surface area contributed by atoms with Crippen LogP contribution < -0.4 is 19.3 Å². The number of hydrogen-bond acceptors (Lipinski definition) is 4. The summed E-state index contributed by atoms with van der Waals surface area (Å²) >= 11 is 0. The molecule has 0 N–H and O–H groups in total. The number of hydrogen-bond donors (Lipinski definition) is 0. The van der Waals surface area contributed by atoms with Crippen LogP contribution in [-0.2, 0) is 5.41 Å². The lowest BCUT2D eigenvalue weighted by Gasteiger charge is -2.45. The Balaban J connectivity index is 1.01. The molecule has 14 rings (SSSR count). The Labute approximate surface area is 449 Å². The van der Waals surface area contributed by atoms with E-state index in [-0.39, 0.29) is 0 Å². The van der Waals surface area contributed by atoms with Gasteiger partial charge in [0.25, 0.3) is 0 Å². The van der Waals surface area contributed by atoms with Crippen molar-refractivity contribution >= 4 is 34.1 Å². The molecule has 364 valence electrons. The molecular formula is C73H50N2O2. The number of ether oxygens (including phenoxy) is 2. The Morgan fingerprint density at radius 3 is 0.987 bits per heavy atom. The molecule has 0 radical (unpaired) electrons. The van der Waals surface area contributed by atoms with Gasteiger partial charge in [0, 0.05) is 68.3 Å². The van der Waals surface area contributed by atoms with Gasteiger partial charge in [-0.15, -0.1) is 0 Å². The van der Waals surface area contributed by atoms with Crippen LogP contribution in [-0.4, -0.2) is 0 Å². The highest BCUT2D eigenvalue weighted by molar-refractivity contribution is 5.92. The van der Waals surface area contributed by atoms with Crippen molar-refractivity contribution in [1.82, 2.24) is 0 Å². The van der Waals surface area contributed by atoms with E-state index in [9.17, 15) is 0 Å². The summed E-state index contributed by atoms with van der Waals surface area (Å²) in [6.45, 7) is 0. The van der Waals surface area contributed by atoms with Crippen molar-refractivity contribution in [2.45, 2.75) is 5.41 Å². The molecule has 2 heterocycles. The Morgan fingerprint density at radius 2 is 0.545 bits per heavy atom. The molecule has 0 bridgehead atoms. The minimum atomic E-state index is -0.828.